The van der Waals surface area contributed by atoms with Gasteiger partial charge in [0.2, 0.25) is 0 Å². The highest BCUT2D eigenvalue weighted by Gasteiger charge is 2.27. The number of carbonyl (C=O) groups excluding carboxylic acids is 1. The van der Waals surface area contributed by atoms with Gasteiger partial charge in [-0.3, -0.25) is 14.5 Å². The highest BCUT2D eigenvalue weighted by atomic mass is 16.2. The summed E-state index contributed by atoms with van der Waals surface area (Å²) in [6.45, 7) is 1.70. The van der Waals surface area contributed by atoms with E-state index in [1.807, 2.05) is 25.1 Å². The Bertz CT molecular complexity index is 925. The predicted octanol–water partition coefficient (Wildman–Crippen LogP) is 1.50. The van der Waals surface area contributed by atoms with E-state index in [4.69, 9.17) is 0 Å². The molecule has 0 aliphatic carbocycles. The van der Waals surface area contributed by atoms with Gasteiger partial charge in [0.05, 0.1) is 23.5 Å². The van der Waals surface area contributed by atoms with E-state index >= 15 is 0 Å². The second-order valence-electron chi connectivity index (χ2n) is 6.63. The van der Waals surface area contributed by atoms with Crippen LogP contribution in [0.5, 0.6) is 0 Å². The van der Waals surface area contributed by atoms with E-state index in [-0.39, 0.29) is 11.9 Å². The molecule has 1 aliphatic heterocycles. The molecule has 1 amide bonds. The molecule has 8 nitrogen and oxygen atoms in total. The molecule has 1 fully saturated rings. The Hall–Kier alpha value is -3.03. The fraction of sp³-hybridized carbons (Fsp3) is 0.389. The minimum atomic E-state index is 0.0233. The SMILES string of the molecule is CN(C(=O)c1cnn(C)c1)C1CCN(c2ncnc3cnccc23)CC1. The first kappa shape index (κ1) is 16.4. The summed E-state index contributed by atoms with van der Waals surface area (Å²) in [7, 11) is 3.69. The molecule has 0 radical (unpaired) electrons. The lowest BCUT2D eigenvalue weighted by molar-refractivity contribution is 0.0709. The number of aromatic nitrogens is 5. The topological polar surface area (TPSA) is 80.0 Å². The van der Waals surface area contributed by atoms with E-state index in [9.17, 15) is 4.79 Å². The van der Waals surface area contributed by atoms with Crippen molar-refractivity contribution in [1.82, 2.24) is 29.6 Å². The second-order valence-corrected chi connectivity index (χ2v) is 6.63. The van der Waals surface area contributed by atoms with Crippen molar-refractivity contribution in [3.8, 4) is 0 Å². The van der Waals surface area contributed by atoms with Crippen molar-refractivity contribution in [2.45, 2.75) is 18.9 Å². The van der Waals surface area contributed by atoms with Crippen LogP contribution in [-0.2, 0) is 7.05 Å². The van der Waals surface area contributed by atoms with Crippen LogP contribution in [0.4, 0.5) is 5.82 Å². The van der Waals surface area contributed by atoms with Gasteiger partial charge in [-0.25, -0.2) is 9.97 Å². The second kappa shape index (κ2) is 6.70. The molecule has 3 aromatic heterocycles. The zero-order valence-corrected chi connectivity index (χ0v) is 14.9. The van der Waals surface area contributed by atoms with Gasteiger partial charge in [-0.05, 0) is 18.9 Å². The van der Waals surface area contributed by atoms with Crippen LogP contribution in [0, 0.1) is 0 Å². The number of nitrogens with zero attached hydrogens (tertiary/aromatic N) is 7. The Kier molecular flexibility index (Phi) is 4.24. The molecule has 0 atom stereocenters. The maximum Gasteiger partial charge on any atom is 0.257 e. The van der Waals surface area contributed by atoms with Crippen molar-refractivity contribution in [1.29, 1.82) is 0 Å². The summed E-state index contributed by atoms with van der Waals surface area (Å²) in [6, 6.07) is 2.17. The van der Waals surface area contributed by atoms with E-state index in [1.54, 1.807) is 35.8 Å². The smallest absolute Gasteiger partial charge is 0.257 e. The summed E-state index contributed by atoms with van der Waals surface area (Å²) < 4.78 is 1.65. The quantitative estimate of drug-likeness (QED) is 0.711. The molecule has 1 saturated heterocycles. The Morgan fingerprint density at radius 2 is 2.04 bits per heavy atom. The number of pyridine rings is 1. The van der Waals surface area contributed by atoms with Gasteiger partial charge in [-0.2, -0.15) is 5.10 Å². The van der Waals surface area contributed by atoms with Crippen LogP contribution in [0.25, 0.3) is 10.9 Å². The van der Waals surface area contributed by atoms with Gasteiger partial charge >= 0.3 is 0 Å². The van der Waals surface area contributed by atoms with Crippen molar-refractivity contribution < 1.29 is 4.79 Å². The molecule has 1 aliphatic rings. The molecular formula is C18H21N7O. The van der Waals surface area contributed by atoms with E-state index in [0.29, 0.717) is 5.56 Å². The molecule has 134 valence electrons. The van der Waals surface area contributed by atoms with Gasteiger partial charge in [0.15, 0.2) is 0 Å². The fourth-order valence-corrected chi connectivity index (χ4v) is 3.51. The van der Waals surface area contributed by atoms with E-state index in [1.165, 1.54) is 0 Å². The van der Waals surface area contributed by atoms with Gasteiger partial charge in [0, 0.05) is 51.0 Å². The first-order valence-electron chi connectivity index (χ1n) is 8.69. The summed E-state index contributed by atoms with van der Waals surface area (Å²) in [5.41, 5.74) is 1.48. The molecule has 26 heavy (non-hydrogen) atoms. The fourth-order valence-electron chi connectivity index (χ4n) is 3.51. The number of fused-ring (bicyclic) bond motifs is 1. The summed E-state index contributed by atoms with van der Waals surface area (Å²) in [4.78, 5) is 29.6. The van der Waals surface area contributed by atoms with Crippen molar-refractivity contribution in [3.63, 3.8) is 0 Å². The van der Waals surface area contributed by atoms with Gasteiger partial charge in [-0.1, -0.05) is 0 Å². The Balaban J connectivity index is 1.46. The Labute approximate surface area is 151 Å². The zero-order chi connectivity index (χ0) is 18.1. The Morgan fingerprint density at radius 3 is 2.77 bits per heavy atom. The van der Waals surface area contributed by atoms with Crippen LogP contribution in [-0.4, -0.2) is 61.7 Å². The van der Waals surface area contributed by atoms with E-state index in [2.05, 4.69) is 25.0 Å². The number of aryl methyl sites for hydroxylation is 1. The molecule has 0 spiro atoms. The average Bonchev–Trinajstić information content (AvgIpc) is 3.13. The number of rotatable bonds is 3. The third-order valence-corrected chi connectivity index (χ3v) is 5.00. The first-order chi connectivity index (χ1) is 12.6. The monoisotopic (exact) mass is 351 g/mol. The number of hydrogen-bond acceptors (Lipinski definition) is 6. The molecular weight excluding hydrogens is 330 g/mol. The molecule has 0 saturated carbocycles. The van der Waals surface area contributed by atoms with Gasteiger partial charge in [0.25, 0.3) is 5.91 Å². The standard InChI is InChI=1S/C18H21N7O/c1-23-11-13(9-22-23)18(26)24(2)14-4-7-25(8-5-14)17-15-3-6-19-10-16(15)20-12-21-17/h3,6,9-12,14H,4-5,7-8H2,1-2H3. The number of anilines is 1. The molecule has 4 heterocycles. The molecule has 8 heteroatoms. The highest BCUT2D eigenvalue weighted by Crippen LogP contribution is 2.26. The summed E-state index contributed by atoms with van der Waals surface area (Å²) in [6.07, 6.45) is 10.3. The zero-order valence-electron chi connectivity index (χ0n) is 14.9. The van der Waals surface area contributed by atoms with E-state index < -0.39 is 0 Å². The van der Waals surface area contributed by atoms with Crippen LogP contribution in [0.15, 0.2) is 37.2 Å². The minimum absolute atomic E-state index is 0.0233. The van der Waals surface area contributed by atoms with Crippen LogP contribution in [0.3, 0.4) is 0 Å². The molecule has 0 N–H and O–H groups in total. The summed E-state index contributed by atoms with van der Waals surface area (Å²) in [5.74, 6) is 0.965. The number of piperidine rings is 1. The van der Waals surface area contributed by atoms with Gasteiger partial charge < -0.3 is 9.80 Å². The van der Waals surface area contributed by atoms with Crippen LogP contribution >= 0.6 is 0 Å². The highest BCUT2D eigenvalue weighted by molar-refractivity contribution is 5.93. The maximum atomic E-state index is 12.6. The third kappa shape index (κ3) is 2.98. The Morgan fingerprint density at radius 1 is 1.23 bits per heavy atom. The first-order valence-corrected chi connectivity index (χ1v) is 8.69. The van der Waals surface area contributed by atoms with Crippen LogP contribution < -0.4 is 4.90 Å². The van der Waals surface area contributed by atoms with Crippen molar-refractivity contribution in [2.75, 3.05) is 25.0 Å². The van der Waals surface area contributed by atoms with E-state index in [0.717, 1.165) is 42.7 Å². The maximum absolute atomic E-state index is 12.6. The van der Waals surface area contributed by atoms with Crippen molar-refractivity contribution in [2.24, 2.45) is 7.05 Å². The van der Waals surface area contributed by atoms with Crippen LogP contribution in [0.2, 0.25) is 0 Å². The molecule has 3 aromatic rings. The van der Waals surface area contributed by atoms with Crippen molar-refractivity contribution >= 4 is 22.6 Å². The number of hydrogen-bond donors (Lipinski definition) is 0. The molecule has 0 unspecified atom stereocenters. The van der Waals surface area contributed by atoms with Crippen LogP contribution in [0.1, 0.15) is 23.2 Å². The van der Waals surface area contributed by atoms with Gasteiger partial charge in [0.1, 0.15) is 12.1 Å². The lowest BCUT2D eigenvalue weighted by Crippen LogP contribution is -2.45. The lowest BCUT2D eigenvalue weighted by atomic mass is 10.0. The lowest BCUT2D eigenvalue weighted by Gasteiger charge is -2.37. The largest absolute Gasteiger partial charge is 0.356 e. The molecule has 4 rings (SSSR count). The predicted molar refractivity (Wildman–Crippen MR) is 97.9 cm³/mol. The van der Waals surface area contributed by atoms with Crippen molar-refractivity contribution in [3.05, 3.63) is 42.7 Å². The molecule has 0 aromatic carbocycles. The number of amides is 1. The average molecular weight is 351 g/mol. The summed E-state index contributed by atoms with van der Waals surface area (Å²) >= 11 is 0. The molecule has 0 bridgehead atoms. The van der Waals surface area contributed by atoms with Gasteiger partial charge in [-0.15, -0.1) is 0 Å². The third-order valence-electron chi connectivity index (χ3n) is 5.00. The number of carbonyl (C=O) groups is 1. The minimum Gasteiger partial charge on any atom is -0.356 e. The summed E-state index contributed by atoms with van der Waals surface area (Å²) in [5, 5.41) is 5.10. The normalized spacial score (nSPS) is 15.4.